The van der Waals surface area contributed by atoms with Gasteiger partial charge in [0.15, 0.2) is 0 Å². The Morgan fingerprint density at radius 3 is 2.72 bits per heavy atom. The summed E-state index contributed by atoms with van der Waals surface area (Å²) in [5.74, 6) is 0.479. The van der Waals surface area contributed by atoms with Gasteiger partial charge in [-0.15, -0.1) is 10.2 Å². The molecule has 0 saturated carbocycles. The molecule has 1 aliphatic heterocycles. The van der Waals surface area contributed by atoms with Gasteiger partial charge in [0.2, 0.25) is 10.0 Å². The lowest BCUT2D eigenvalue weighted by Crippen LogP contribution is -2.28. The number of hydrogen-bond donors (Lipinski definition) is 1. The maximum Gasteiger partial charge on any atom is 0.328 e. The molecule has 0 aliphatic carbocycles. The smallest absolute Gasteiger partial charge is 0.328 e. The predicted octanol–water partition coefficient (Wildman–Crippen LogP) is 1.14. The summed E-state index contributed by atoms with van der Waals surface area (Å²) >= 11 is 0. The fraction of sp³-hybridized carbons (Fsp3) is 0.312. The lowest BCUT2D eigenvalue weighted by Gasteiger charge is -2.17. The zero-order valence-corrected chi connectivity index (χ0v) is 14.5. The second kappa shape index (κ2) is 6.77. The molecule has 1 aromatic carbocycles. The summed E-state index contributed by atoms with van der Waals surface area (Å²) in [6.07, 6.45) is 4.28. The Kier molecular flexibility index (Phi) is 4.69. The molecule has 25 heavy (non-hydrogen) atoms. The van der Waals surface area contributed by atoms with Crippen LogP contribution in [0.25, 0.3) is 6.08 Å². The zero-order valence-electron chi connectivity index (χ0n) is 13.7. The average Bonchev–Trinajstić information content (AvgIpc) is 3.18. The molecule has 132 valence electrons. The SMILES string of the molecule is CN(Cc1nnc2n1CCC2)S(=O)(=O)c1ccc(C=CC(=O)O)cc1. The van der Waals surface area contributed by atoms with E-state index in [4.69, 9.17) is 5.11 Å². The van der Waals surface area contributed by atoms with Gasteiger partial charge in [-0.25, -0.2) is 13.2 Å². The third-order valence-electron chi connectivity index (χ3n) is 4.06. The van der Waals surface area contributed by atoms with Crippen LogP contribution in [0.15, 0.2) is 35.2 Å². The van der Waals surface area contributed by atoms with Crippen LogP contribution in [0.2, 0.25) is 0 Å². The monoisotopic (exact) mass is 362 g/mol. The van der Waals surface area contributed by atoms with E-state index in [0.29, 0.717) is 11.4 Å². The molecule has 0 amide bonds. The van der Waals surface area contributed by atoms with E-state index < -0.39 is 16.0 Å². The number of nitrogens with zero attached hydrogens (tertiary/aromatic N) is 4. The van der Waals surface area contributed by atoms with Gasteiger partial charge in [-0.3, -0.25) is 0 Å². The van der Waals surface area contributed by atoms with Crippen LogP contribution in [0.3, 0.4) is 0 Å². The maximum absolute atomic E-state index is 12.7. The van der Waals surface area contributed by atoms with E-state index in [0.717, 1.165) is 31.3 Å². The summed E-state index contributed by atoms with van der Waals surface area (Å²) in [5.41, 5.74) is 0.610. The number of carboxylic acids is 1. The van der Waals surface area contributed by atoms with Crippen molar-refractivity contribution in [1.82, 2.24) is 19.1 Å². The Balaban J connectivity index is 1.77. The molecule has 0 spiro atoms. The van der Waals surface area contributed by atoms with Crippen LogP contribution in [-0.2, 0) is 34.3 Å². The highest BCUT2D eigenvalue weighted by Gasteiger charge is 2.25. The van der Waals surface area contributed by atoms with Crippen molar-refractivity contribution in [2.24, 2.45) is 0 Å². The standard InChI is InChI=1S/C16H18N4O4S/c1-19(11-15-18-17-14-3-2-10-20(14)15)25(23,24)13-7-4-12(5-8-13)6-9-16(21)22/h4-9H,2-3,10-11H2,1H3,(H,21,22). The number of fused-ring (bicyclic) bond motifs is 1. The highest BCUT2D eigenvalue weighted by Crippen LogP contribution is 2.20. The molecule has 2 aromatic rings. The second-order valence-corrected chi connectivity index (χ2v) is 7.83. The summed E-state index contributed by atoms with van der Waals surface area (Å²) < 4.78 is 28.6. The fourth-order valence-corrected chi connectivity index (χ4v) is 3.84. The molecule has 0 fully saturated rings. The van der Waals surface area contributed by atoms with Crippen molar-refractivity contribution in [3.8, 4) is 0 Å². The third-order valence-corrected chi connectivity index (χ3v) is 5.87. The van der Waals surface area contributed by atoms with Crippen LogP contribution in [-0.4, -0.2) is 45.6 Å². The van der Waals surface area contributed by atoms with Gasteiger partial charge in [0.25, 0.3) is 0 Å². The molecule has 9 heteroatoms. The van der Waals surface area contributed by atoms with Crippen molar-refractivity contribution < 1.29 is 18.3 Å². The number of sulfonamides is 1. The first-order valence-corrected chi connectivity index (χ1v) is 9.20. The van der Waals surface area contributed by atoms with Crippen molar-refractivity contribution in [2.45, 2.75) is 30.8 Å². The van der Waals surface area contributed by atoms with Crippen molar-refractivity contribution in [1.29, 1.82) is 0 Å². The lowest BCUT2D eigenvalue weighted by molar-refractivity contribution is -0.131. The zero-order chi connectivity index (χ0) is 18.0. The molecule has 0 saturated heterocycles. The topological polar surface area (TPSA) is 105 Å². The molecular weight excluding hydrogens is 344 g/mol. The summed E-state index contributed by atoms with van der Waals surface area (Å²) in [5, 5.41) is 16.8. The van der Waals surface area contributed by atoms with Gasteiger partial charge in [-0.1, -0.05) is 12.1 Å². The number of aliphatic carboxylic acids is 1. The van der Waals surface area contributed by atoms with Gasteiger partial charge in [0.1, 0.15) is 11.6 Å². The Labute approximate surface area is 145 Å². The molecule has 3 rings (SSSR count). The van der Waals surface area contributed by atoms with Gasteiger partial charge in [-0.2, -0.15) is 4.31 Å². The van der Waals surface area contributed by atoms with Crippen LogP contribution in [0.1, 0.15) is 23.6 Å². The highest BCUT2D eigenvalue weighted by atomic mass is 32.2. The number of carbonyl (C=O) groups is 1. The maximum atomic E-state index is 12.7. The molecule has 0 atom stereocenters. The van der Waals surface area contributed by atoms with Crippen molar-refractivity contribution >= 4 is 22.1 Å². The number of aryl methyl sites for hydroxylation is 1. The van der Waals surface area contributed by atoms with Crippen LogP contribution < -0.4 is 0 Å². The Morgan fingerprint density at radius 2 is 2.04 bits per heavy atom. The van der Waals surface area contributed by atoms with Gasteiger partial charge >= 0.3 is 5.97 Å². The van der Waals surface area contributed by atoms with Gasteiger partial charge in [0.05, 0.1) is 11.4 Å². The number of rotatable bonds is 6. The van der Waals surface area contributed by atoms with E-state index in [-0.39, 0.29) is 11.4 Å². The van der Waals surface area contributed by atoms with Crippen molar-refractivity contribution in [3.63, 3.8) is 0 Å². The predicted molar refractivity (Wildman–Crippen MR) is 90.1 cm³/mol. The second-order valence-electron chi connectivity index (χ2n) is 5.79. The van der Waals surface area contributed by atoms with E-state index >= 15 is 0 Å². The third kappa shape index (κ3) is 3.62. The molecule has 0 bridgehead atoms. The summed E-state index contributed by atoms with van der Waals surface area (Å²) in [6.45, 7) is 0.964. The quantitative estimate of drug-likeness (QED) is 0.773. The number of hydrogen-bond acceptors (Lipinski definition) is 5. The summed E-state index contributed by atoms with van der Waals surface area (Å²) in [4.78, 5) is 10.7. The summed E-state index contributed by atoms with van der Waals surface area (Å²) in [7, 11) is -2.16. The Morgan fingerprint density at radius 1 is 1.32 bits per heavy atom. The number of benzene rings is 1. The van der Waals surface area contributed by atoms with Gasteiger partial charge in [0, 0.05) is 26.1 Å². The molecule has 1 aromatic heterocycles. The fourth-order valence-electron chi connectivity index (χ4n) is 2.71. The van der Waals surface area contributed by atoms with Gasteiger partial charge < -0.3 is 9.67 Å². The normalized spacial score (nSPS) is 14.3. The molecule has 0 radical (unpaired) electrons. The minimum absolute atomic E-state index is 0.142. The first-order chi connectivity index (χ1) is 11.9. The van der Waals surface area contributed by atoms with E-state index in [1.165, 1.54) is 29.6 Å². The van der Waals surface area contributed by atoms with Crippen molar-refractivity contribution in [2.75, 3.05) is 7.05 Å². The van der Waals surface area contributed by atoms with Gasteiger partial charge in [-0.05, 0) is 30.2 Å². The first-order valence-electron chi connectivity index (χ1n) is 7.76. The van der Waals surface area contributed by atoms with Crippen LogP contribution >= 0.6 is 0 Å². The molecular formula is C16H18N4O4S. The molecule has 8 nitrogen and oxygen atoms in total. The van der Waals surface area contributed by atoms with Crippen LogP contribution in [0.5, 0.6) is 0 Å². The molecule has 1 aliphatic rings. The van der Waals surface area contributed by atoms with E-state index in [1.807, 2.05) is 4.57 Å². The Bertz CT molecular complexity index is 916. The van der Waals surface area contributed by atoms with E-state index in [9.17, 15) is 13.2 Å². The Hall–Kier alpha value is -2.52. The molecule has 1 N–H and O–H groups in total. The largest absolute Gasteiger partial charge is 0.478 e. The van der Waals surface area contributed by atoms with Crippen LogP contribution in [0, 0.1) is 0 Å². The molecule has 0 unspecified atom stereocenters. The minimum Gasteiger partial charge on any atom is -0.478 e. The van der Waals surface area contributed by atoms with Crippen molar-refractivity contribution in [3.05, 3.63) is 47.6 Å². The van der Waals surface area contributed by atoms with E-state index in [2.05, 4.69) is 10.2 Å². The van der Waals surface area contributed by atoms with Crippen LogP contribution in [0.4, 0.5) is 0 Å². The van der Waals surface area contributed by atoms with E-state index in [1.54, 1.807) is 12.1 Å². The number of carboxylic acid groups (broad SMARTS) is 1. The first kappa shape index (κ1) is 17.3. The lowest BCUT2D eigenvalue weighted by atomic mass is 10.2. The molecule has 2 heterocycles. The average molecular weight is 362 g/mol. The minimum atomic E-state index is -3.67. The number of aromatic nitrogens is 3. The highest BCUT2D eigenvalue weighted by molar-refractivity contribution is 7.89. The summed E-state index contributed by atoms with van der Waals surface area (Å²) in [6, 6.07) is 6.05.